The van der Waals surface area contributed by atoms with Gasteiger partial charge in [-0.1, -0.05) is 0 Å². The van der Waals surface area contributed by atoms with Gasteiger partial charge in [0, 0.05) is 25.5 Å². The highest BCUT2D eigenvalue weighted by molar-refractivity contribution is 5.99. The van der Waals surface area contributed by atoms with Gasteiger partial charge in [-0.25, -0.2) is 0 Å². The van der Waals surface area contributed by atoms with E-state index in [1.54, 1.807) is 12.4 Å². The fourth-order valence-electron chi connectivity index (χ4n) is 2.29. The van der Waals surface area contributed by atoms with Crippen LogP contribution >= 0.6 is 0 Å². The lowest BCUT2D eigenvalue weighted by molar-refractivity contribution is 0.0712. The van der Waals surface area contributed by atoms with Gasteiger partial charge in [0.25, 0.3) is 5.91 Å². The van der Waals surface area contributed by atoms with E-state index in [1.807, 2.05) is 19.9 Å². The number of pyridine rings is 1. The summed E-state index contributed by atoms with van der Waals surface area (Å²) in [5.74, 6) is -0.105. The van der Waals surface area contributed by atoms with Crippen molar-refractivity contribution >= 4 is 11.6 Å². The summed E-state index contributed by atoms with van der Waals surface area (Å²) < 4.78 is 5.58. The Kier molecular flexibility index (Phi) is 4.74. The number of hydrogen-bond donors (Lipinski definition) is 2. The summed E-state index contributed by atoms with van der Waals surface area (Å²) >= 11 is 0. The third kappa shape index (κ3) is 3.44. The van der Waals surface area contributed by atoms with E-state index in [0.29, 0.717) is 5.56 Å². The largest absolute Gasteiger partial charge is 0.385 e. The van der Waals surface area contributed by atoms with Crippen molar-refractivity contribution in [3.05, 3.63) is 24.0 Å². The highest BCUT2D eigenvalue weighted by Crippen LogP contribution is 2.17. The average molecular weight is 263 g/mol. The van der Waals surface area contributed by atoms with Gasteiger partial charge >= 0.3 is 0 Å². The van der Waals surface area contributed by atoms with Gasteiger partial charge < -0.3 is 15.4 Å². The van der Waals surface area contributed by atoms with Crippen LogP contribution in [0.15, 0.2) is 18.5 Å². The van der Waals surface area contributed by atoms with Crippen LogP contribution in [0.25, 0.3) is 0 Å². The Hall–Kier alpha value is -1.62. The van der Waals surface area contributed by atoms with Gasteiger partial charge in [0.15, 0.2) is 0 Å². The van der Waals surface area contributed by atoms with E-state index in [4.69, 9.17) is 4.74 Å². The highest BCUT2D eigenvalue weighted by atomic mass is 16.5. The molecular weight excluding hydrogens is 242 g/mol. The first kappa shape index (κ1) is 13.8. The molecule has 104 valence electrons. The molecule has 0 aliphatic carbocycles. The zero-order valence-corrected chi connectivity index (χ0v) is 11.5. The van der Waals surface area contributed by atoms with E-state index in [9.17, 15) is 4.79 Å². The summed E-state index contributed by atoms with van der Waals surface area (Å²) in [6, 6.07) is 1.83. The quantitative estimate of drug-likeness (QED) is 0.850. The van der Waals surface area contributed by atoms with Crippen molar-refractivity contribution in [3.63, 3.8) is 0 Å². The molecule has 1 amide bonds. The Bertz CT molecular complexity index is 430. The van der Waals surface area contributed by atoms with Crippen molar-refractivity contribution in [2.75, 3.05) is 18.5 Å². The number of carbonyl (C=O) groups is 1. The van der Waals surface area contributed by atoms with E-state index in [2.05, 4.69) is 15.6 Å². The lowest BCUT2D eigenvalue weighted by Gasteiger charge is -2.20. The van der Waals surface area contributed by atoms with Crippen molar-refractivity contribution in [2.45, 2.75) is 38.8 Å². The molecule has 1 aliphatic rings. The lowest BCUT2D eigenvalue weighted by atomic mass is 10.1. The second-order valence-electron chi connectivity index (χ2n) is 4.77. The van der Waals surface area contributed by atoms with Crippen LogP contribution in [0.2, 0.25) is 0 Å². The number of amides is 1. The SMILES string of the molecule is CCNc1ccncc1C(=O)NC(C)C1CCCO1. The molecule has 1 saturated heterocycles. The van der Waals surface area contributed by atoms with Crippen molar-refractivity contribution in [1.29, 1.82) is 0 Å². The molecule has 0 spiro atoms. The molecule has 2 unspecified atom stereocenters. The molecule has 2 rings (SSSR count). The first-order valence-corrected chi connectivity index (χ1v) is 6.82. The van der Waals surface area contributed by atoms with Crippen LogP contribution < -0.4 is 10.6 Å². The van der Waals surface area contributed by atoms with Crippen LogP contribution in [0.5, 0.6) is 0 Å². The van der Waals surface area contributed by atoms with Crippen molar-refractivity contribution < 1.29 is 9.53 Å². The van der Waals surface area contributed by atoms with Crippen LogP contribution in [0.1, 0.15) is 37.0 Å². The monoisotopic (exact) mass is 263 g/mol. The average Bonchev–Trinajstić information content (AvgIpc) is 2.93. The smallest absolute Gasteiger partial charge is 0.255 e. The van der Waals surface area contributed by atoms with Gasteiger partial charge in [-0.2, -0.15) is 0 Å². The molecule has 0 bridgehead atoms. The summed E-state index contributed by atoms with van der Waals surface area (Å²) in [5, 5.41) is 6.16. The number of ether oxygens (including phenoxy) is 1. The standard InChI is InChI=1S/C14H21N3O2/c1-3-16-12-6-7-15-9-11(12)14(18)17-10(2)13-5-4-8-19-13/h6-7,9-10,13H,3-5,8H2,1-2H3,(H,15,16)(H,17,18). The molecule has 5 nitrogen and oxygen atoms in total. The Balaban J connectivity index is 2.02. The zero-order valence-electron chi connectivity index (χ0n) is 11.5. The molecule has 2 N–H and O–H groups in total. The number of nitrogens with one attached hydrogen (secondary N) is 2. The van der Waals surface area contributed by atoms with Crippen LogP contribution in [0.3, 0.4) is 0 Å². The van der Waals surface area contributed by atoms with Crippen LogP contribution in [-0.2, 0) is 4.74 Å². The van der Waals surface area contributed by atoms with E-state index in [1.165, 1.54) is 0 Å². The maximum Gasteiger partial charge on any atom is 0.255 e. The van der Waals surface area contributed by atoms with E-state index in [0.717, 1.165) is 31.7 Å². The summed E-state index contributed by atoms with van der Waals surface area (Å²) in [5.41, 5.74) is 1.39. The first-order valence-electron chi connectivity index (χ1n) is 6.82. The molecule has 2 heterocycles. The van der Waals surface area contributed by atoms with Crippen LogP contribution in [-0.4, -0.2) is 36.2 Å². The second-order valence-corrected chi connectivity index (χ2v) is 4.77. The molecular formula is C14H21N3O2. The highest BCUT2D eigenvalue weighted by Gasteiger charge is 2.24. The number of rotatable bonds is 5. The van der Waals surface area contributed by atoms with Crippen molar-refractivity contribution in [1.82, 2.24) is 10.3 Å². The summed E-state index contributed by atoms with van der Waals surface area (Å²) in [4.78, 5) is 16.3. The zero-order chi connectivity index (χ0) is 13.7. The van der Waals surface area contributed by atoms with Gasteiger partial charge in [0.05, 0.1) is 23.4 Å². The van der Waals surface area contributed by atoms with E-state index >= 15 is 0 Å². The summed E-state index contributed by atoms with van der Waals surface area (Å²) in [6.07, 6.45) is 5.48. The fourth-order valence-corrected chi connectivity index (χ4v) is 2.29. The third-order valence-corrected chi connectivity index (χ3v) is 3.31. The molecule has 0 aromatic carbocycles. The minimum atomic E-state index is -0.105. The number of aromatic nitrogens is 1. The minimum Gasteiger partial charge on any atom is -0.385 e. The molecule has 2 atom stereocenters. The van der Waals surface area contributed by atoms with Gasteiger partial charge in [-0.3, -0.25) is 9.78 Å². The first-order chi connectivity index (χ1) is 9.22. The Labute approximate surface area is 113 Å². The molecule has 5 heteroatoms. The maximum atomic E-state index is 12.3. The van der Waals surface area contributed by atoms with Gasteiger partial charge in [0.1, 0.15) is 0 Å². The molecule has 1 aliphatic heterocycles. The third-order valence-electron chi connectivity index (χ3n) is 3.31. The Morgan fingerprint density at radius 2 is 2.47 bits per heavy atom. The Morgan fingerprint density at radius 3 is 3.16 bits per heavy atom. The maximum absolute atomic E-state index is 12.3. The fraction of sp³-hybridized carbons (Fsp3) is 0.571. The molecule has 19 heavy (non-hydrogen) atoms. The lowest BCUT2D eigenvalue weighted by Crippen LogP contribution is -2.41. The molecule has 0 radical (unpaired) electrons. The van der Waals surface area contributed by atoms with E-state index in [-0.39, 0.29) is 18.1 Å². The Morgan fingerprint density at radius 1 is 1.63 bits per heavy atom. The number of nitrogens with zero attached hydrogens (tertiary/aromatic N) is 1. The van der Waals surface area contributed by atoms with Crippen molar-refractivity contribution in [3.8, 4) is 0 Å². The predicted molar refractivity (Wildman–Crippen MR) is 74.3 cm³/mol. The molecule has 1 aromatic heterocycles. The molecule has 0 saturated carbocycles. The summed E-state index contributed by atoms with van der Waals surface area (Å²) in [6.45, 7) is 5.54. The normalized spacial score (nSPS) is 20.0. The van der Waals surface area contributed by atoms with Gasteiger partial charge in [-0.05, 0) is 32.8 Å². The van der Waals surface area contributed by atoms with Gasteiger partial charge in [-0.15, -0.1) is 0 Å². The minimum absolute atomic E-state index is 0.0182. The molecule has 1 aromatic rings. The molecule has 1 fully saturated rings. The van der Waals surface area contributed by atoms with Crippen LogP contribution in [0, 0.1) is 0 Å². The second kappa shape index (κ2) is 6.52. The number of hydrogen-bond acceptors (Lipinski definition) is 4. The summed E-state index contributed by atoms with van der Waals surface area (Å²) in [7, 11) is 0. The number of anilines is 1. The topological polar surface area (TPSA) is 63.2 Å². The van der Waals surface area contributed by atoms with Crippen LogP contribution in [0.4, 0.5) is 5.69 Å². The number of carbonyl (C=O) groups excluding carboxylic acids is 1. The van der Waals surface area contributed by atoms with Gasteiger partial charge in [0.2, 0.25) is 0 Å². The van der Waals surface area contributed by atoms with E-state index < -0.39 is 0 Å². The van der Waals surface area contributed by atoms with Crippen molar-refractivity contribution in [2.24, 2.45) is 0 Å². The predicted octanol–water partition coefficient (Wildman–Crippen LogP) is 1.81.